The van der Waals surface area contributed by atoms with Crippen LogP contribution >= 0.6 is 38.9 Å². The molecule has 0 unspecified atom stereocenters. The number of furan rings is 1. The van der Waals surface area contributed by atoms with Gasteiger partial charge in [-0.1, -0.05) is 23.7 Å². The van der Waals surface area contributed by atoms with E-state index in [0.717, 1.165) is 14.7 Å². The summed E-state index contributed by atoms with van der Waals surface area (Å²) in [6.45, 7) is 0.439. The zero-order valence-electron chi connectivity index (χ0n) is 10.2. The number of hydrogen-bond acceptors (Lipinski definition) is 3. The predicted molar refractivity (Wildman–Crippen MR) is 84.4 cm³/mol. The number of benzene rings is 1. The molecule has 6 heteroatoms. The normalized spacial score (nSPS) is 10.9. The Kier molecular flexibility index (Phi) is 3.83. The number of thiophene rings is 1. The van der Waals surface area contributed by atoms with Crippen molar-refractivity contribution in [2.45, 2.75) is 6.54 Å². The molecule has 1 aromatic carbocycles. The van der Waals surface area contributed by atoms with Crippen LogP contribution in [0.4, 0.5) is 0 Å². The molecule has 0 aliphatic heterocycles. The largest absolute Gasteiger partial charge is 0.450 e. The highest BCUT2D eigenvalue weighted by Crippen LogP contribution is 2.27. The van der Waals surface area contributed by atoms with Gasteiger partial charge in [-0.2, -0.15) is 0 Å². The van der Waals surface area contributed by atoms with Gasteiger partial charge in [0.05, 0.1) is 15.4 Å². The number of nitrogens with one attached hydrogen (secondary N) is 1. The third-order valence-corrected chi connectivity index (χ3v) is 4.63. The molecule has 3 nitrogen and oxygen atoms in total. The van der Waals surface area contributed by atoms with Crippen LogP contribution < -0.4 is 5.32 Å². The second kappa shape index (κ2) is 5.60. The first-order valence-electron chi connectivity index (χ1n) is 5.84. The second-order valence-corrected chi connectivity index (χ2v) is 6.81. The Morgan fingerprint density at radius 1 is 1.35 bits per heavy atom. The molecular formula is C14H9BrClNO2S. The summed E-state index contributed by atoms with van der Waals surface area (Å²) in [7, 11) is 0. The van der Waals surface area contributed by atoms with Crippen molar-refractivity contribution in [2.24, 2.45) is 0 Å². The number of hydrogen-bond donors (Lipinski definition) is 1. The fourth-order valence-electron chi connectivity index (χ4n) is 1.84. The lowest BCUT2D eigenvalue weighted by atomic mass is 10.2. The Labute approximate surface area is 132 Å². The average Bonchev–Trinajstić information content (AvgIpc) is 3.03. The van der Waals surface area contributed by atoms with E-state index in [4.69, 9.17) is 16.0 Å². The lowest BCUT2D eigenvalue weighted by Gasteiger charge is -2.00. The summed E-state index contributed by atoms with van der Waals surface area (Å²) in [4.78, 5) is 13.1. The highest BCUT2D eigenvalue weighted by molar-refractivity contribution is 9.10. The predicted octanol–water partition coefficient (Wildman–Crippen LogP) is 4.84. The molecule has 0 saturated heterocycles. The maximum atomic E-state index is 12.1. The molecule has 0 radical (unpaired) electrons. The summed E-state index contributed by atoms with van der Waals surface area (Å²) in [6, 6.07) is 11.1. The van der Waals surface area contributed by atoms with Gasteiger partial charge in [0, 0.05) is 10.3 Å². The summed E-state index contributed by atoms with van der Waals surface area (Å²) in [5, 5.41) is 3.71. The van der Waals surface area contributed by atoms with Crippen LogP contribution in [0.25, 0.3) is 11.0 Å². The smallest absolute Gasteiger partial charge is 0.287 e. The van der Waals surface area contributed by atoms with Gasteiger partial charge in [-0.25, -0.2) is 0 Å². The van der Waals surface area contributed by atoms with Crippen molar-refractivity contribution in [2.75, 3.05) is 0 Å². The van der Waals surface area contributed by atoms with Crippen molar-refractivity contribution in [3.63, 3.8) is 0 Å². The summed E-state index contributed by atoms with van der Waals surface area (Å²) in [5.74, 6) is 0.0622. The third kappa shape index (κ3) is 2.75. The van der Waals surface area contributed by atoms with E-state index in [-0.39, 0.29) is 5.91 Å². The van der Waals surface area contributed by atoms with E-state index in [1.54, 1.807) is 6.07 Å². The average molecular weight is 371 g/mol. The molecule has 0 fully saturated rings. The SMILES string of the molecule is O=C(NCc1ccc(Cl)s1)c1cc2cccc(Br)c2o1. The molecule has 1 amide bonds. The Bertz CT molecular complexity index is 780. The number of halogens is 2. The van der Waals surface area contributed by atoms with Crippen LogP contribution in [0.5, 0.6) is 0 Å². The highest BCUT2D eigenvalue weighted by atomic mass is 79.9. The molecule has 0 atom stereocenters. The van der Waals surface area contributed by atoms with Crippen molar-refractivity contribution in [1.29, 1.82) is 0 Å². The number of para-hydroxylation sites is 1. The van der Waals surface area contributed by atoms with Crippen LogP contribution in [0.2, 0.25) is 4.34 Å². The molecular weight excluding hydrogens is 362 g/mol. The number of carbonyl (C=O) groups is 1. The van der Waals surface area contributed by atoms with Gasteiger partial charge in [0.2, 0.25) is 0 Å². The molecule has 0 aliphatic carbocycles. The van der Waals surface area contributed by atoms with Crippen molar-refractivity contribution in [3.05, 3.63) is 55.8 Å². The van der Waals surface area contributed by atoms with Gasteiger partial charge < -0.3 is 9.73 Å². The van der Waals surface area contributed by atoms with Crippen molar-refractivity contribution >= 4 is 55.7 Å². The second-order valence-electron chi connectivity index (χ2n) is 4.16. The fourth-order valence-corrected chi connectivity index (χ4v) is 3.33. The topological polar surface area (TPSA) is 42.2 Å². The van der Waals surface area contributed by atoms with Crippen molar-refractivity contribution in [3.8, 4) is 0 Å². The minimum atomic E-state index is -0.238. The van der Waals surface area contributed by atoms with E-state index in [1.165, 1.54) is 11.3 Å². The molecule has 3 rings (SSSR count). The van der Waals surface area contributed by atoms with Crippen molar-refractivity contribution < 1.29 is 9.21 Å². The van der Waals surface area contributed by atoms with Crippen LogP contribution in [0.1, 0.15) is 15.4 Å². The number of amides is 1. The summed E-state index contributed by atoms with van der Waals surface area (Å²) >= 11 is 10.7. The Morgan fingerprint density at radius 2 is 2.20 bits per heavy atom. The zero-order chi connectivity index (χ0) is 14.1. The molecule has 3 aromatic rings. The van der Waals surface area contributed by atoms with Crippen LogP contribution in [0, 0.1) is 0 Å². The van der Waals surface area contributed by atoms with E-state index in [1.807, 2.05) is 30.3 Å². The van der Waals surface area contributed by atoms with E-state index in [2.05, 4.69) is 21.2 Å². The van der Waals surface area contributed by atoms with Gasteiger partial charge in [0.1, 0.15) is 5.58 Å². The van der Waals surface area contributed by atoms with E-state index >= 15 is 0 Å². The lowest BCUT2D eigenvalue weighted by Crippen LogP contribution is -2.21. The maximum absolute atomic E-state index is 12.1. The first-order valence-corrected chi connectivity index (χ1v) is 7.83. The minimum absolute atomic E-state index is 0.238. The summed E-state index contributed by atoms with van der Waals surface area (Å²) in [5.41, 5.74) is 0.678. The van der Waals surface area contributed by atoms with Crippen molar-refractivity contribution in [1.82, 2.24) is 5.32 Å². The van der Waals surface area contributed by atoms with Gasteiger partial charge in [-0.05, 0) is 40.2 Å². The van der Waals surface area contributed by atoms with Gasteiger partial charge in [0.25, 0.3) is 5.91 Å². The molecule has 20 heavy (non-hydrogen) atoms. The zero-order valence-corrected chi connectivity index (χ0v) is 13.3. The Hall–Kier alpha value is -1.30. The van der Waals surface area contributed by atoms with E-state index in [9.17, 15) is 4.79 Å². The molecule has 0 bridgehead atoms. The van der Waals surface area contributed by atoms with Crippen LogP contribution in [-0.4, -0.2) is 5.91 Å². The van der Waals surface area contributed by atoms with Crippen LogP contribution in [0.15, 0.2) is 45.3 Å². The number of carbonyl (C=O) groups excluding carboxylic acids is 1. The van der Waals surface area contributed by atoms with Gasteiger partial charge in [0.15, 0.2) is 5.76 Å². The first-order chi connectivity index (χ1) is 9.63. The fraction of sp³-hybridized carbons (Fsp3) is 0.0714. The lowest BCUT2D eigenvalue weighted by molar-refractivity contribution is 0.0925. The number of rotatable bonds is 3. The molecule has 2 aromatic heterocycles. The third-order valence-electron chi connectivity index (χ3n) is 2.77. The molecule has 2 heterocycles. The standard InChI is InChI=1S/C14H9BrClNO2S/c15-10-3-1-2-8-6-11(19-13(8)10)14(18)17-7-9-4-5-12(16)20-9/h1-6H,7H2,(H,17,18). The summed E-state index contributed by atoms with van der Waals surface area (Å²) < 4.78 is 7.12. The quantitative estimate of drug-likeness (QED) is 0.717. The highest BCUT2D eigenvalue weighted by Gasteiger charge is 2.13. The van der Waals surface area contributed by atoms with Gasteiger partial charge in [-0.3, -0.25) is 4.79 Å². The summed E-state index contributed by atoms with van der Waals surface area (Å²) in [6.07, 6.45) is 0. The van der Waals surface area contributed by atoms with E-state index < -0.39 is 0 Å². The molecule has 102 valence electrons. The molecule has 0 spiro atoms. The molecule has 0 aliphatic rings. The van der Waals surface area contributed by atoms with Gasteiger partial charge >= 0.3 is 0 Å². The minimum Gasteiger partial charge on any atom is -0.450 e. The van der Waals surface area contributed by atoms with Gasteiger partial charge in [-0.15, -0.1) is 11.3 Å². The Morgan fingerprint density at radius 3 is 2.90 bits per heavy atom. The Balaban J connectivity index is 1.77. The monoisotopic (exact) mass is 369 g/mol. The molecule has 1 N–H and O–H groups in total. The van der Waals surface area contributed by atoms with Crippen LogP contribution in [0.3, 0.4) is 0 Å². The first kappa shape index (κ1) is 13.7. The molecule has 0 saturated carbocycles. The maximum Gasteiger partial charge on any atom is 0.287 e. The van der Waals surface area contributed by atoms with Crippen LogP contribution in [-0.2, 0) is 6.54 Å². The number of fused-ring (bicyclic) bond motifs is 1. The van der Waals surface area contributed by atoms with E-state index in [0.29, 0.717) is 22.2 Å².